The normalized spacial score (nSPS) is 18.4. The second-order valence-corrected chi connectivity index (χ2v) is 30.2. The van der Waals surface area contributed by atoms with E-state index in [1.54, 1.807) is 25.1 Å². The van der Waals surface area contributed by atoms with Crippen molar-refractivity contribution >= 4 is 91.7 Å². The predicted molar refractivity (Wildman–Crippen MR) is 364 cm³/mol. The molecule has 3 saturated carbocycles. The number of benzene rings is 9. The summed E-state index contributed by atoms with van der Waals surface area (Å²) >= 11 is 6.00. The van der Waals surface area contributed by atoms with Gasteiger partial charge in [-0.15, -0.1) is 0 Å². The van der Waals surface area contributed by atoms with Crippen LogP contribution in [0.25, 0.3) is 66.5 Å². The van der Waals surface area contributed by atoms with Gasteiger partial charge in [-0.3, -0.25) is 14.2 Å². The lowest BCUT2D eigenvalue weighted by Crippen LogP contribution is -2.23. The van der Waals surface area contributed by atoms with Crippen molar-refractivity contribution in [1.29, 1.82) is 0 Å². The molecule has 15 rings (SSSR count). The summed E-state index contributed by atoms with van der Waals surface area (Å²) in [6.07, 6.45) is 5.18. The Morgan fingerprint density at radius 2 is 0.819 bits per heavy atom. The Morgan fingerprint density at radius 1 is 0.468 bits per heavy atom. The van der Waals surface area contributed by atoms with Crippen LogP contribution in [0.4, 0.5) is 24.5 Å². The molecular weight excluding hydrogens is 1280 g/mol. The van der Waals surface area contributed by atoms with Crippen LogP contribution in [0.3, 0.4) is 0 Å². The van der Waals surface area contributed by atoms with Gasteiger partial charge < -0.3 is 15.0 Å². The van der Waals surface area contributed by atoms with Gasteiger partial charge in [-0.05, 0) is 163 Å². The fraction of sp³-hybridized carbons (Fsp3) is 0.194. The molecule has 5 N–H and O–H groups in total. The van der Waals surface area contributed by atoms with Crippen molar-refractivity contribution in [3.05, 3.63) is 251 Å². The first-order valence-corrected chi connectivity index (χ1v) is 35.9. The van der Waals surface area contributed by atoms with Gasteiger partial charge in [-0.25, -0.2) is 40.2 Å². The van der Waals surface area contributed by atoms with Crippen LogP contribution in [0.5, 0.6) is 0 Å². The van der Waals surface area contributed by atoms with Crippen molar-refractivity contribution in [2.75, 3.05) is 22.0 Å². The Hall–Kier alpha value is -9.41. The number of nitrogens with zero attached hydrogens (tertiary/aromatic N) is 3. The fourth-order valence-electron chi connectivity index (χ4n) is 12.4. The van der Waals surface area contributed by atoms with Gasteiger partial charge in [0.25, 0.3) is 9.84 Å². The van der Waals surface area contributed by atoms with E-state index in [1.807, 2.05) is 115 Å². The van der Waals surface area contributed by atoms with E-state index in [2.05, 4.69) is 78.8 Å². The zero-order valence-corrected chi connectivity index (χ0v) is 54.3. The lowest BCUT2D eigenvalue weighted by molar-refractivity contribution is -0.0436. The largest absolute Gasteiger partial charge is 0.501 e. The summed E-state index contributed by atoms with van der Waals surface area (Å²) in [7, 11) is -12.2. The second-order valence-electron chi connectivity index (χ2n) is 24.3. The molecule has 0 bridgehead atoms. The molecule has 0 aliphatic heterocycles. The number of aryl methyl sites for hydroxylation is 1. The maximum Gasteiger partial charge on any atom is 0.501 e. The van der Waals surface area contributed by atoms with Crippen LogP contribution >= 0.6 is 11.6 Å². The second kappa shape index (κ2) is 24.8. The van der Waals surface area contributed by atoms with Gasteiger partial charge in [-0.2, -0.15) is 13.2 Å². The van der Waals surface area contributed by atoms with E-state index < -0.39 is 40.3 Å². The van der Waals surface area contributed by atoms with Gasteiger partial charge in [0.15, 0.2) is 5.78 Å². The zero-order chi connectivity index (χ0) is 66.0. The number of hydrogen-bond acceptors (Lipinski definition) is 10. The third-order valence-electron chi connectivity index (χ3n) is 17.3. The summed E-state index contributed by atoms with van der Waals surface area (Å²) in [6, 6.07) is 61.6. The number of carbonyl (C=O) groups is 1. The van der Waals surface area contributed by atoms with Crippen LogP contribution in [0.15, 0.2) is 205 Å². The fourth-order valence-corrected chi connectivity index (χ4v) is 14.4. The number of nitrogens with one attached hydrogen (secondary N) is 5. The number of anilines is 2. The van der Waals surface area contributed by atoms with Gasteiger partial charge in [0.2, 0.25) is 20.0 Å². The SMILES string of the molecule is CC(=O)c1ccccc1-c1ccc2nc(C3CC3c3ccc(Cl)cc3)[nH]c2c1.CS(=O)(=O)Nc1ccccc1-c1ccc2nc(C3CC3c3ccc(S(=O)(=O)C(F)(F)F)cc3)[nH]c2c1.Cc1ccc(C2CC2c2nc3ccc(-c4ccccc4NS(C)(=O)=O)cc3[nH]2)cc1. The number of para-hydroxylation sites is 2. The van der Waals surface area contributed by atoms with E-state index in [0.29, 0.717) is 40.6 Å². The lowest BCUT2D eigenvalue weighted by Gasteiger charge is -2.10. The molecule has 12 aromatic rings. The van der Waals surface area contributed by atoms with Crippen molar-refractivity contribution in [2.45, 2.75) is 79.0 Å². The number of alkyl halides is 3. The summed E-state index contributed by atoms with van der Waals surface area (Å²) in [5.41, 5.74) is 11.7. The van der Waals surface area contributed by atoms with Gasteiger partial charge in [0.1, 0.15) is 17.5 Å². The number of hydrogen-bond donors (Lipinski definition) is 5. The Bertz CT molecular complexity index is 5250. The molecule has 0 amide bonds. The first-order chi connectivity index (χ1) is 44.8. The minimum absolute atomic E-state index is 0.00682. The van der Waals surface area contributed by atoms with Crippen LogP contribution in [-0.2, 0) is 29.9 Å². The number of fused-ring (bicyclic) bond motifs is 3. The maximum absolute atomic E-state index is 12.8. The Balaban J connectivity index is 0.000000129. The number of ketones is 1. The number of imidazole rings is 3. The molecule has 15 nitrogen and oxygen atoms in total. The quantitative estimate of drug-likeness (QED) is 0.0610. The number of aromatic amines is 3. The summed E-state index contributed by atoms with van der Waals surface area (Å²) in [6.45, 7) is 3.71. The van der Waals surface area contributed by atoms with Crippen molar-refractivity contribution in [3.63, 3.8) is 0 Å². The van der Waals surface area contributed by atoms with Crippen molar-refractivity contribution in [2.24, 2.45) is 0 Å². The molecule has 6 atom stereocenters. The van der Waals surface area contributed by atoms with Crippen LogP contribution in [0, 0.1) is 6.92 Å². The minimum atomic E-state index is -5.38. The molecule has 0 saturated heterocycles. The molecule has 9 aromatic carbocycles. The van der Waals surface area contributed by atoms with E-state index in [-0.39, 0.29) is 17.6 Å². The molecule has 3 aliphatic carbocycles. The van der Waals surface area contributed by atoms with E-state index >= 15 is 0 Å². The van der Waals surface area contributed by atoms with Crippen LogP contribution in [0.2, 0.25) is 5.02 Å². The topological polar surface area (TPSA) is 230 Å². The van der Waals surface area contributed by atoms with Gasteiger partial charge in [-0.1, -0.05) is 145 Å². The first kappa shape index (κ1) is 63.4. The number of sulfone groups is 1. The number of carbonyl (C=O) groups excluding carboxylic acids is 1. The molecule has 3 aromatic heterocycles. The average Bonchev–Trinajstić information content (AvgIpc) is 1.62. The van der Waals surface area contributed by atoms with E-state index in [9.17, 15) is 43.2 Å². The smallest absolute Gasteiger partial charge is 0.342 e. The number of halogens is 4. The zero-order valence-electron chi connectivity index (χ0n) is 51.1. The minimum Gasteiger partial charge on any atom is -0.342 e. The molecule has 0 spiro atoms. The average molecular weight is 1340 g/mol. The van der Waals surface area contributed by atoms with Gasteiger partial charge in [0.05, 0.1) is 61.9 Å². The van der Waals surface area contributed by atoms with Gasteiger partial charge in [0, 0.05) is 39.5 Å². The Labute approximate surface area is 546 Å². The molecular formula is C72H62ClF3N8O7S3. The Morgan fingerprint density at radius 3 is 1.20 bits per heavy atom. The summed E-state index contributed by atoms with van der Waals surface area (Å²) in [5.74, 6) is 4.73. The van der Waals surface area contributed by atoms with Crippen LogP contribution in [0.1, 0.15) is 112 Å². The summed E-state index contributed by atoms with van der Waals surface area (Å²) in [5, 5.41) is 0.767. The van der Waals surface area contributed by atoms with Crippen molar-refractivity contribution < 1.29 is 43.2 Å². The highest BCUT2D eigenvalue weighted by molar-refractivity contribution is 7.92. The monoisotopic (exact) mass is 1340 g/mol. The molecule has 94 heavy (non-hydrogen) atoms. The summed E-state index contributed by atoms with van der Waals surface area (Å²) < 4.78 is 114. The number of rotatable bonds is 15. The molecule has 3 heterocycles. The number of Topliss-reactive ketones (excluding diaryl/α,β-unsaturated/α-hetero) is 1. The number of H-pyrrole nitrogens is 3. The van der Waals surface area contributed by atoms with Gasteiger partial charge >= 0.3 is 5.51 Å². The first-order valence-electron chi connectivity index (χ1n) is 30.3. The highest BCUT2D eigenvalue weighted by Crippen LogP contribution is 2.56. The molecule has 3 fully saturated rings. The van der Waals surface area contributed by atoms with Crippen LogP contribution < -0.4 is 9.44 Å². The molecule has 22 heteroatoms. The number of aromatic nitrogens is 6. The molecule has 6 unspecified atom stereocenters. The highest BCUT2D eigenvalue weighted by Gasteiger charge is 2.48. The van der Waals surface area contributed by atoms with Crippen molar-refractivity contribution in [1.82, 2.24) is 29.9 Å². The lowest BCUT2D eigenvalue weighted by atomic mass is 9.97. The van der Waals surface area contributed by atoms with E-state index in [1.165, 1.54) is 28.8 Å². The maximum atomic E-state index is 12.8. The third kappa shape index (κ3) is 13.8. The van der Waals surface area contributed by atoms with E-state index in [0.717, 1.165) is 138 Å². The molecule has 3 aliphatic rings. The number of sulfonamides is 2. The third-order valence-corrected chi connectivity index (χ3v) is 20.3. The molecule has 478 valence electrons. The highest BCUT2D eigenvalue weighted by atomic mass is 35.5. The van der Waals surface area contributed by atoms with Crippen LogP contribution in [-0.4, -0.2) is 79.0 Å². The standard InChI is InChI=1S/C24H19ClN2O.C24H20F3N3O4S2.C24H23N3O2S/c1-14(28)18-4-2-3-5-19(18)16-8-11-22-23(12-16)27-24(26-22)21-13-20(21)15-6-9-17(25)10-7-15;1-35(31,32)30-20-5-3-2-4-17(20)15-8-11-21-22(12-15)29-23(28-21)19-13-18(19)14-6-9-16(10-7-14)36(33,34)24(25,26)27;1-15-7-9-16(10-8-15)19-14-20(19)24-25-22-12-11-17(13-23(22)26-24)18-5-3-4-6-21(18)27-30(2,28)29/h2-12,20-21H,13H2,1H3,(H,26,27);2-12,18-19,30H,13H2,1H3,(H,28,29);3-13,19-20,27H,14H2,1-2H3,(H,25,26). The van der Waals surface area contributed by atoms with Crippen molar-refractivity contribution in [3.8, 4) is 33.4 Å². The summed E-state index contributed by atoms with van der Waals surface area (Å²) in [4.78, 5) is 35.8. The predicted octanol–water partition coefficient (Wildman–Crippen LogP) is 16.7. The van der Waals surface area contributed by atoms with E-state index in [4.69, 9.17) is 21.6 Å². The Kier molecular flexibility index (Phi) is 16.7. The molecule has 0 radical (unpaired) electrons.